The predicted octanol–water partition coefficient (Wildman–Crippen LogP) is 4.09. The number of alkyl carbamates (subject to hydrolysis) is 1. The van der Waals surface area contributed by atoms with Crippen LogP contribution < -0.4 is 10.6 Å². The summed E-state index contributed by atoms with van der Waals surface area (Å²) in [4.78, 5) is 11.5. The highest BCUT2D eigenvalue weighted by Crippen LogP contribution is 2.37. The molecule has 0 atom stereocenters. The van der Waals surface area contributed by atoms with Crippen LogP contribution in [0.2, 0.25) is 5.02 Å². The Kier molecular flexibility index (Phi) is 6.31. The first kappa shape index (κ1) is 18.1. The summed E-state index contributed by atoms with van der Waals surface area (Å²) in [5.74, 6) is 0.617. The van der Waals surface area contributed by atoms with Crippen LogP contribution >= 0.6 is 11.6 Å². The van der Waals surface area contributed by atoms with Crippen LogP contribution in [-0.2, 0) is 4.74 Å². The average Bonchev–Trinajstić information content (AvgIpc) is 2.38. The maximum Gasteiger partial charge on any atom is 0.407 e. The predicted molar refractivity (Wildman–Crippen MR) is 94.1 cm³/mol. The van der Waals surface area contributed by atoms with Gasteiger partial charge in [-0.15, -0.1) is 0 Å². The summed E-state index contributed by atoms with van der Waals surface area (Å²) in [6.07, 6.45) is 2.86. The number of nitrogens with one attached hydrogen (secondary N) is 2. The molecule has 23 heavy (non-hydrogen) atoms. The van der Waals surface area contributed by atoms with Gasteiger partial charge in [0.1, 0.15) is 5.60 Å². The molecule has 1 aliphatic rings. The van der Waals surface area contributed by atoms with Crippen LogP contribution in [0, 0.1) is 0 Å². The van der Waals surface area contributed by atoms with Crippen molar-refractivity contribution in [3.8, 4) is 0 Å². The Morgan fingerprint density at radius 3 is 2.70 bits per heavy atom. The zero-order chi connectivity index (χ0) is 16.9. The number of carbonyl (C=O) groups is 1. The Hall–Kier alpha value is -1.26. The van der Waals surface area contributed by atoms with E-state index in [-0.39, 0.29) is 6.09 Å². The normalized spacial score (nSPS) is 20.7. The largest absolute Gasteiger partial charge is 0.444 e. The Labute approximate surface area is 143 Å². The summed E-state index contributed by atoms with van der Waals surface area (Å²) < 4.78 is 5.19. The van der Waals surface area contributed by atoms with Crippen LogP contribution in [0.3, 0.4) is 0 Å². The van der Waals surface area contributed by atoms with Gasteiger partial charge in [0.2, 0.25) is 0 Å². The summed E-state index contributed by atoms with van der Waals surface area (Å²) in [5, 5.41) is 7.12. The zero-order valence-corrected chi connectivity index (χ0v) is 15.0. The van der Waals surface area contributed by atoms with E-state index in [9.17, 15) is 4.79 Å². The lowest BCUT2D eigenvalue weighted by molar-refractivity contribution is 0.0527. The molecule has 0 aliphatic heterocycles. The van der Waals surface area contributed by atoms with Crippen LogP contribution in [0.25, 0.3) is 0 Å². The van der Waals surface area contributed by atoms with Crippen molar-refractivity contribution in [3.63, 3.8) is 0 Å². The molecule has 0 bridgehead atoms. The third-order valence-corrected chi connectivity index (χ3v) is 4.15. The number of rotatable bonds is 6. The number of halogens is 1. The standard InChI is InChI=1S/C18H27ClN2O2/c1-18(2,3)23-17(22)21-9-5-8-20-16-11-14(12-16)13-6-4-7-15(19)10-13/h4,6-7,10,14,16,20H,5,8-9,11-12H2,1-3H3,(H,21,22). The number of benzene rings is 1. The molecular weight excluding hydrogens is 312 g/mol. The van der Waals surface area contributed by atoms with Gasteiger partial charge in [0.15, 0.2) is 0 Å². The SMILES string of the molecule is CC(C)(C)OC(=O)NCCCNC1CC(c2cccc(Cl)c2)C1. The molecule has 4 nitrogen and oxygen atoms in total. The van der Waals surface area contributed by atoms with Crippen molar-refractivity contribution in [2.45, 2.75) is 57.6 Å². The van der Waals surface area contributed by atoms with E-state index in [1.54, 1.807) is 0 Å². The van der Waals surface area contributed by atoms with Gasteiger partial charge in [-0.3, -0.25) is 0 Å². The number of carbonyl (C=O) groups excluding carboxylic acids is 1. The Balaban J connectivity index is 1.53. The fourth-order valence-corrected chi connectivity index (χ4v) is 2.92. The fraction of sp³-hybridized carbons (Fsp3) is 0.611. The molecule has 5 heteroatoms. The monoisotopic (exact) mass is 338 g/mol. The summed E-state index contributed by atoms with van der Waals surface area (Å²) in [5.41, 5.74) is 0.894. The molecule has 2 rings (SSSR count). The van der Waals surface area contributed by atoms with Crippen LogP contribution in [0.5, 0.6) is 0 Å². The van der Waals surface area contributed by atoms with Gasteiger partial charge in [-0.2, -0.15) is 0 Å². The second-order valence-electron chi connectivity index (χ2n) is 7.16. The van der Waals surface area contributed by atoms with Gasteiger partial charge in [0.25, 0.3) is 0 Å². The van der Waals surface area contributed by atoms with Crippen LogP contribution in [0.15, 0.2) is 24.3 Å². The minimum absolute atomic E-state index is 0.345. The maximum absolute atomic E-state index is 11.5. The molecule has 0 unspecified atom stereocenters. The van der Waals surface area contributed by atoms with E-state index in [2.05, 4.69) is 22.8 Å². The first-order chi connectivity index (χ1) is 10.8. The van der Waals surface area contributed by atoms with Crippen molar-refractivity contribution in [2.24, 2.45) is 0 Å². The maximum atomic E-state index is 11.5. The van der Waals surface area contributed by atoms with Crippen molar-refractivity contribution in [1.29, 1.82) is 0 Å². The Morgan fingerprint density at radius 1 is 1.30 bits per heavy atom. The van der Waals surface area contributed by atoms with E-state index in [0.29, 0.717) is 18.5 Å². The molecule has 1 saturated carbocycles. The average molecular weight is 339 g/mol. The van der Waals surface area contributed by atoms with Crippen LogP contribution in [-0.4, -0.2) is 30.8 Å². The summed E-state index contributed by atoms with van der Waals surface area (Å²) >= 11 is 6.03. The first-order valence-electron chi connectivity index (χ1n) is 8.29. The minimum atomic E-state index is -0.441. The Bertz CT molecular complexity index is 522. The lowest BCUT2D eigenvalue weighted by Crippen LogP contribution is -2.41. The van der Waals surface area contributed by atoms with Crippen molar-refractivity contribution >= 4 is 17.7 Å². The van der Waals surface area contributed by atoms with E-state index in [4.69, 9.17) is 16.3 Å². The second-order valence-corrected chi connectivity index (χ2v) is 7.59. The molecule has 2 N–H and O–H groups in total. The molecule has 0 aromatic heterocycles. The van der Waals surface area contributed by atoms with Gasteiger partial charge >= 0.3 is 6.09 Å². The molecule has 1 aromatic rings. The molecule has 1 aliphatic carbocycles. The quantitative estimate of drug-likeness (QED) is 0.768. The van der Waals surface area contributed by atoms with Gasteiger partial charge in [0, 0.05) is 17.6 Å². The smallest absolute Gasteiger partial charge is 0.407 e. The molecular formula is C18H27ClN2O2. The number of ether oxygens (including phenoxy) is 1. The molecule has 1 aromatic carbocycles. The lowest BCUT2D eigenvalue weighted by Gasteiger charge is -2.36. The molecule has 1 fully saturated rings. The topological polar surface area (TPSA) is 50.4 Å². The summed E-state index contributed by atoms with van der Waals surface area (Å²) in [7, 11) is 0. The van der Waals surface area contributed by atoms with Crippen molar-refractivity contribution in [2.75, 3.05) is 13.1 Å². The highest BCUT2D eigenvalue weighted by atomic mass is 35.5. The third kappa shape index (κ3) is 6.40. The molecule has 0 radical (unpaired) electrons. The van der Waals surface area contributed by atoms with Crippen LogP contribution in [0.4, 0.5) is 4.79 Å². The van der Waals surface area contributed by atoms with Gasteiger partial charge < -0.3 is 15.4 Å². The van der Waals surface area contributed by atoms with E-state index >= 15 is 0 Å². The van der Waals surface area contributed by atoms with E-state index < -0.39 is 5.60 Å². The van der Waals surface area contributed by atoms with Crippen molar-refractivity contribution < 1.29 is 9.53 Å². The van der Waals surface area contributed by atoms with Crippen LogP contribution in [0.1, 0.15) is 51.5 Å². The number of hydrogen-bond acceptors (Lipinski definition) is 3. The fourth-order valence-electron chi connectivity index (χ4n) is 2.72. The third-order valence-electron chi connectivity index (χ3n) is 3.91. The lowest BCUT2D eigenvalue weighted by atomic mass is 9.76. The summed E-state index contributed by atoms with van der Waals surface area (Å²) in [6.45, 7) is 7.12. The highest BCUT2D eigenvalue weighted by Gasteiger charge is 2.29. The minimum Gasteiger partial charge on any atom is -0.444 e. The molecule has 0 spiro atoms. The van der Waals surface area contributed by atoms with E-state index in [1.807, 2.05) is 32.9 Å². The molecule has 0 saturated heterocycles. The molecule has 0 heterocycles. The first-order valence-corrected chi connectivity index (χ1v) is 8.67. The molecule has 128 valence electrons. The van der Waals surface area contributed by atoms with Gasteiger partial charge in [-0.25, -0.2) is 4.79 Å². The molecule has 1 amide bonds. The second kappa shape index (κ2) is 8.02. The number of amides is 1. The van der Waals surface area contributed by atoms with Gasteiger partial charge in [-0.05, 0) is 70.2 Å². The van der Waals surface area contributed by atoms with E-state index in [0.717, 1.165) is 30.8 Å². The van der Waals surface area contributed by atoms with Crippen molar-refractivity contribution in [3.05, 3.63) is 34.9 Å². The van der Waals surface area contributed by atoms with Gasteiger partial charge in [-0.1, -0.05) is 23.7 Å². The summed E-state index contributed by atoms with van der Waals surface area (Å²) in [6, 6.07) is 8.71. The van der Waals surface area contributed by atoms with Gasteiger partial charge in [0.05, 0.1) is 0 Å². The highest BCUT2D eigenvalue weighted by molar-refractivity contribution is 6.30. The zero-order valence-electron chi connectivity index (χ0n) is 14.2. The number of hydrogen-bond donors (Lipinski definition) is 2. The Morgan fingerprint density at radius 2 is 2.04 bits per heavy atom. The van der Waals surface area contributed by atoms with Crippen molar-refractivity contribution in [1.82, 2.24) is 10.6 Å². The van der Waals surface area contributed by atoms with E-state index in [1.165, 1.54) is 5.56 Å².